The molecule has 3 saturated heterocycles. The average molecular weight is 470 g/mol. The SMILES string of the molecule is CCCN1C[C@H]2C(=O)NC3(CCN(C(=O)c4ccc(C)cc4)CC3)[C@H]2C1.O=C(O)C(F)(F)F. The number of hydrogen-bond acceptors (Lipinski definition) is 4. The second kappa shape index (κ2) is 9.70. The number of carboxylic acid groups (broad SMARTS) is 1. The number of carbonyl (C=O) groups is 3. The van der Waals surface area contributed by atoms with E-state index in [0.29, 0.717) is 5.92 Å². The number of alkyl halides is 3. The molecule has 3 fully saturated rings. The second-order valence-electron chi connectivity index (χ2n) is 9.08. The number of amides is 2. The molecule has 0 saturated carbocycles. The third kappa shape index (κ3) is 5.48. The van der Waals surface area contributed by atoms with E-state index in [1.54, 1.807) is 0 Å². The lowest BCUT2D eigenvalue weighted by Crippen LogP contribution is -2.56. The van der Waals surface area contributed by atoms with Crippen LogP contribution in [0.3, 0.4) is 0 Å². The van der Waals surface area contributed by atoms with E-state index in [9.17, 15) is 22.8 Å². The third-order valence-electron chi connectivity index (χ3n) is 6.84. The van der Waals surface area contributed by atoms with Crippen LogP contribution in [0.4, 0.5) is 13.2 Å². The van der Waals surface area contributed by atoms with Crippen molar-refractivity contribution >= 4 is 17.8 Å². The maximum Gasteiger partial charge on any atom is 0.490 e. The normalized spacial score (nSPS) is 24.2. The summed E-state index contributed by atoms with van der Waals surface area (Å²) in [6, 6.07) is 7.80. The van der Waals surface area contributed by atoms with Crippen LogP contribution in [0.2, 0.25) is 0 Å². The van der Waals surface area contributed by atoms with Gasteiger partial charge in [-0.2, -0.15) is 13.2 Å². The van der Waals surface area contributed by atoms with Crippen molar-refractivity contribution in [1.29, 1.82) is 0 Å². The van der Waals surface area contributed by atoms with E-state index in [-0.39, 0.29) is 23.3 Å². The monoisotopic (exact) mass is 469 g/mol. The summed E-state index contributed by atoms with van der Waals surface area (Å²) < 4.78 is 31.7. The Bertz CT molecular complexity index is 880. The number of rotatable bonds is 3. The Balaban J connectivity index is 0.000000383. The van der Waals surface area contributed by atoms with E-state index >= 15 is 0 Å². The number of carbonyl (C=O) groups excluding carboxylic acids is 2. The van der Waals surface area contributed by atoms with E-state index in [2.05, 4.69) is 17.1 Å². The van der Waals surface area contributed by atoms with E-state index in [1.807, 2.05) is 36.1 Å². The summed E-state index contributed by atoms with van der Waals surface area (Å²) in [7, 11) is 0. The van der Waals surface area contributed by atoms with Crippen molar-refractivity contribution < 1.29 is 32.7 Å². The van der Waals surface area contributed by atoms with E-state index in [4.69, 9.17) is 9.90 Å². The lowest BCUT2D eigenvalue weighted by Gasteiger charge is -2.42. The quantitative estimate of drug-likeness (QED) is 0.711. The number of benzene rings is 1. The molecule has 0 bridgehead atoms. The van der Waals surface area contributed by atoms with Gasteiger partial charge in [0, 0.05) is 43.2 Å². The number of fused-ring (bicyclic) bond motifs is 2. The molecule has 1 aromatic carbocycles. The van der Waals surface area contributed by atoms with Gasteiger partial charge in [-0.15, -0.1) is 0 Å². The van der Waals surface area contributed by atoms with Crippen LogP contribution in [0.5, 0.6) is 0 Å². The van der Waals surface area contributed by atoms with Gasteiger partial charge in [0.1, 0.15) is 0 Å². The summed E-state index contributed by atoms with van der Waals surface area (Å²) >= 11 is 0. The zero-order valence-corrected chi connectivity index (χ0v) is 18.8. The fourth-order valence-electron chi connectivity index (χ4n) is 5.12. The van der Waals surface area contributed by atoms with Crippen molar-refractivity contribution in [2.75, 3.05) is 32.7 Å². The Kier molecular flexibility index (Phi) is 7.36. The molecule has 33 heavy (non-hydrogen) atoms. The highest BCUT2D eigenvalue weighted by atomic mass is 19.4. The fraction of sp³-hybridized carbons (Fsp3) is 0.609. The topological polar surface area (TPSA) is 90.0 Å². The molecule has 3 heterocycles. The number of nitrogens with one attached hydrogen (secondary N) is 1. The molecule has 0 unspecified atom stereocenters. The zero-order valence-electron chi connectivity index (χ0n) is 18.8. The van der Waals surface area contributed by atoms with Crippen molar-refractivity contribution in [3.8, 4) is 0 Å². The molecule has 2 atom stereocenters. The van der Waals surface area contributed by atoms with Gasteiger partial charge in [0.2, 0.25) is 5.91 Å². The number of aryl methyl sites for hydroxylation is 1. The summed E-state index contributed by atoms with van der Waals surface area (Å²) in [6.07, 6.45) is -2.21. The second-order valence-corrected chi connectivity index (χ2v) is 9.08. The smallest absolute Gasteiger partial charge is 0.475 e. The summed E-state index contributed by atoms with van der Waals surface area (Å²) in [5, 5.41) is 10.5. The molecule has 182 valence electrons. The van der Waals surface area contributed by atoms with E-state index < -0.39 is 12.1 Å². The lowest BCUT2D eigenvalue weighted by molar-refractivity contribution is -0.192. The van der Waals surface area contributed by atoms with Crippen LogP contribution in [-0.4, -0.2) is 77.1 Å². The van der Waals surface area contributed by atoms with Crippen LogP contribution >= 0.6 is 0 Å². The Morgan fingerprint density at radius 1 is 1.15 bits per heavy atom. The number of halogens is 3. The summed E-state index contributed by atoms with van der Waals surface area (Å²) in [5.74, 6) is -1.88. The first-order chi connectivity index (χ1) is 15.5. The van der Waals surface area contributed by atoms with Crippen LogP contribution in [0.25, 0.3) is 0 Å². The van der Waals surface area contributed by atoms with E-state index in [1.165, 1.54) is 0 Å². The van der Waals surface area contributed by atoms with Gasteiger partial charge in [-0.3, -0.25) is 9.59 Å². The van der Waals surface area contributed by atoms with Crippen molar-refractivity contribution in [1.82, 2.24) is 15.1 Å². The van der Waals surface area contributed by atoms with Crippen molar-refractivity contribution in [3.63, 3.8) is 0 Å². The standard InChI is InChI=1S/C21H29N3O2.C2HF3O2/c1-3-10-23-13-17-18(14-23)21(22-19(17)25)8-11-24(12-9-21)20(26)16-6-4-15(2)5-7-16;3-2(4,5)1(6)7/h4-7,17-18H,3,8-14H2,1-2H3,(H,22,25);(H,6,7)/t17-,18+;/m1./s1. The van der Waals surface area contributed by atoms with Crippen molar-refractivity contribution in [3.05, 3.63) is 35.4 Å². The minimum Gasteiger partial charge on any atom is -0.475 e. The van der Waals surface area contributed by atoms with Crippen LogP contribution in [0.15, 0.2) is 24.3 Å². The molecular weight excluding hydrogens is 439 g/mol. The fourth-order valence-corrected chi connectivity index (χ4v) is 5.12. The first kappa shape index (κ1) is 25.0. The van der Waals surface area contributed by atoms with Crippen LogP contribution in [0.1, 0.15) is 42.1 Å². The number of aliphatic carboxylic acids is 1. The first-order valence-electron chi connectivity index (χ1n) is 11.2. The van der Waals surface area contributed by atoms with Crippen molar-refractivity contribution in [2.45, 2.75) is 44.8 Å². The summed E-state index contributed by atoms with van der Waals surface area (Å²) in [6.45, 7) is 8.67. The maximum absolute atomic E-state index is 12.8. The van der Waals surface area contributed by atoms with Gasteiger partial charge in [-0.25, -0.2) is 4.79 Å². The molecule has 7 nitrogen and oxygen atoms in total. The third-order valence-corrected chi connectivity index (χ3v) is 6.84. The molecule has 0 aromatic heterocycles. The Morgan fingerprint density at radius 3 is 2.24 bits per heavy atom. The van der Waals surface area contributed by atoms with Gasteiger partial charge in [-0.05, 0) is 44.9 Å². The van der Waals surface area contributed by atoms with Crippen LogP contribution < -0.4 is 5.32 Å². The predicted molar refractivity (Wildman–Crippen MR) is 115 cm³/mol. The molecule has 0 radical (unpaired) electrons. The molecular formula is C23H30F3N3O4. The molecule has 3 aliphatic heterocycles. The highest BCUT2D eigenvalue weighted by Gasteiger charge is 2.57. The average Bonchev–Trinajstić information content (AvgIpc) is 3.28. The molecule has 4 rings (SSSR count). The zero-order chi connectivity index (χ0) is 24.4. The predicted octanol–water partition coefficient (Wildman–Crippen LogP) is 2.69. The first-order valence-corrected chi connectivity index (χ1v) is 11.2. The number of nitrogens with zero attached hydrogens (tertiary/aromatic N) is 2. The van der Waals surface area contributed by atoms with Gasteiger partial charge in [0.05, 0.1) is 5.92 Å². The van der Waals surface area contributed by atoms with Gasteiger partial charge in [-0.1, -0.05) is 24.6 Å². The Hall–Kier alpha value is -2.62. The minimum atomic E-state index is -5.08. The lowest BCUT2D eigenvalue weighted by atomic mass is 9.75. The maximum atomic E-state index is 12.8. The number of carboxylic acids is 1. The summed E-state index contributed by atoms with van der Waals surface area (Å²) in [4.78, 5) is 38.6. The minimum absolute atomic E-state index is 0.103. The molecule has 3 aliphatic rings. The molecule has 1 spiro atoms. The highest BCUT2D eigenvalue weighted by molar-refractivity contribution is 5.94. The molecule has 0 aliphatic carbocycles. The van der Waals surface area contributed by atoms with Crippen LogP contribution in [0, 0.1) is 18.8 Å². The molecule has 2 amide bonds. The number of likely N-dealkylation sites (tertiary alicyclic amines) is 2. The van der Waals surface area contributed by atoms with Gasteiger partial charge < -0.3 is 20.2 Å². The molecule has 1 aromatic rings. The highest BCUT2D eigenvalue weighted by Crippen LogP contribution is 2.44. The molecule has 10 heteroatoms. The largest absolute Gasteiger partial charge is 0.490 e. The number of hydrogen-bond donors (Lipinski definition) is 2. The van der Waals surface area contributed by atoms with Crippen molar-refractivity contribution in [2.24, 2.45) is 11.8 Å². The molecule has 2 N–H and O–H groups in total. The number of piperidine rings is 1. The van der Waals surface area contributed by atoms with Gasteiger partial charge >= 0.3 is 12.1 Å². The Labute approximate surface area is 190 Å². The van der Waals surface area contributed by atoms with Gasteiger partial charge in [0.15, 0.2) is 0 Å². The van der Waals surface area contributed by atoms with Crippen LogP contribution in [-0.2, 0) is 9.59 Å². The van der Waals surface area contributed by atoms with E-state index in [0.717, 1.165) is 63.1 Å². The summed E-state index contributed by atoms with van der Waals surface area (Å²) in [5.41, 5.74) is 1.82. The Morgan fingerprint density at radius 2 is 1.73 bits per heavy atom. The van der Waals surface area contributed by atoms with Gasteiger partial charge in [0.25, 0.3) is 5.91 Å².